The van der Waals surface area contributed by atoms with Crippen LogP contribution in [0.4, 0.5) is 0 Å². The molecule has 1 nitrogen and oxygen atoms in total. The summed E-state index contributed by atoms with van der Waals surface area (Å²) >= 11 is 0. The fourth-order valence-electron chi connectivity index (χ4n) is 2.41. The minimum Gasteiger partial charge on any atom is -0.457 e. The molecule has 0 aliphatic rings. The van der Waals surface area contributed by atoms with E-state index >= 15 is 0 Å². The molecule has 0 saturated carbocycles. The molecule has 0 saturated heterocycles. The molecule has 3 rings (SSSR count). The Kier molecular flexibility index (Phi) is 3.74. The number of ether oxygens (including phenoxy) is 1. The molecule has 0 bridgehead atoms. The highest BCUT2D eigenvalue weighted by Crippen LogP contribution is 2.30. The highest BCUT2D eigenvalue weighted by molar-refractivity contribution is 5.68. The van der Waals surface area contributed by atoms with Crippen molar-refractivity contribution in [2.75, 3.05) is 0 Å². The summed E-state index contributed by atoms with van der Waals surface area (Å²) in [6, 6.07) is 24.7. The van der Waals surface area contributed by atoms with Crippen LogP contribution in [0.25, 0.3) is 11.1 Å². The summed E-state index contributed by atoms with van der Waals surface area (Å²) in [5, 5.41) is 0. The Labute approximate surface area is 125 Å². The van der Waals surface area contributed by atoms with E-state index in [1.807, 2.05) is 30.3 Å². The van der Waals surface area contributed by atoms with Crippen LogP contribution in [0.3, 0.4) is 0 Å². The van der Waals surface area contributed by atoms with E-state index < -0.39 is 0 Å². The molecule has 0 aromatic heterocycles. The molecule has 0 atom stereocenters. The first-order chi connectivity index (χ1) is 10.2. The Morgan fingerprint density at radius 3 is 2.19 bits per heavy atom. The normalized spacial score (nSPS) is 10.4. The molecular formula is C20H18O. The highest BCUT2D eigenvalue weighted by Gasteiger charge is 2.05. The summed E-state index contributed by atoms with van der Waals surface area (Å²) < 4.78 is 5.98. The van der Waals surface area contributed by atoms with Crippen LogP contribution in [0.2, 0.25) is 0 Å². The van der Waals surface area contributed by atoms with Gasteiger partial charge in [0, 0.05) is 0 Å². The van der Waals surface area contributed by atoms with Gasteiger partial charge in [-0.25, -0.2) is 0 Å². The second-order valence-electron chi connectivity index (χ2n) is 5.26. The lowest BCUT2D eigenvalue weighted by atomic mass is 10.0. The van der Waals surface area contributed by atoms with Crippen LogP contribution >= 0.6 is 0 Å². The van der Waals surface area contributed by atoms with Gasteiger partial charge in [0.1, 0.15) is 11.5 Å². The fraction of sp³-hybridized carbons (Fsp3) is 0.100. The van der Waals surface area contributed by atoms with E-state index in [9.17, 15) is 0 Å². The molecule has 0 spiro atoms. The lowest BCUT2D eigenvalue weighted by Gasteiger charge is -2.11. The molecule has 3 aromatic rings. The third kappa shape index (κ3) is 3.14. The molecule has 0 fully saturated rings. The molecule has 1 heteroatoms. The van der Waals surface area contributed by atoms with Gasteiger partial charge in [0.05, 0.1) is 0 Å². The molecule has 0 amide bonds. The monoisotopic (exact) mass is 274 g/mol. The Hall–Kier alpha value is -2.54. The summed E-state index contributed by atoms with van der Waals surface area (Å²) in [6.45, 7) is 4.19. The topological polar surface area (TPSA) is 9.23 Å². The molecule has 3 aromatic carbocycles. The quantitative estimate of drug-likeness (QED) is 0.589. The molecular weight excluding hydrogens is 256 g/mol. The van der Waals surface area contributed by atoms with E-state index in [2.05, 4.69) is 56.3 Å². The van der Waals surface area contributed by atoms with Gasteiger partial charge in [-0.1, -0.05) is 48.5 Å². The van der Waals surface area contributed by atoms with Crippen LogP contribution in [-0.2, 0) is 0 Å². The zero-order valence-corrected chi connectivity index (χ0v) is 12.3. The molecule has 0 aliphatic carbocycles. The predicted molar refractivity (Wildman–Crippen MR) is 87.9 cm³/mol. The zero-order chi connectivity index (χ0) is 14.7. The molecule has 0 heterocycles. The van der Waals surface area contributed by atoms with Gasteiger partial charge in [-0.2, -0.15) is 0 Å². The van der Waals surface area contributed by atoms with Crippen molar-refractivity contribution in [2.45, 2.75) is 13.8 Å². The molecule has 0 radical (unpaired) electrons. The fourth-order valence-corrected chi connectivity index (χ4v) is 2.41. The summed E-state index contributed by atoms with van der Waals surface area (Å²) in [5.74, 6) is 1.74. The van der Waals surface area contributed by atoms with Gasteiger partial charge in [0.2, 0.25) is 0 Å². The SMILES string of the molecule is Cc1cccc(Oc2ccc(C)c(-c3ccccc3)c2)c1. The molecule has 0 unspecified atom stereocenters. The molecule has 0 N–H and O–H groups in total. The van der Waals surface area contributed by atoms with Crippen molar-refractivity contribution in [3.8, 4) is 22.6 Å². The van der Waals surface area contributed by atoms with Crippen LogP contribution in [0.5, 0.6) is 11.5 Å². The van der Waals surface area contributed by atoms with Crippen molar-refractivity contribution in [1.82, 2.24) is 0 Å². The number of benzene rings is 3. The maximum Gasteiger partial charge on any atom is 0.128 e. The lowest BCUT2D eigenvalue weighted by molar-refractivity contribution is 0.482. The van der Waals surface area contributed by atoms with E-state index in [1.54, 1.807) is 0 Å². The summed E-state index contributed by atoms with van der Waals surface area (Å²) in [4.78, 5) is 0. The van der Waals surface area contributed by atoms with Crippen molar-refractivity contribution >= 4 is 0 Å². The third-order valence-electron chi connectivity index (χ3n) is 3.52. The Balaban J connectivity index is 1.94. The van der Waals surface area contributed by atoms with E-state index in [4.69, 9.17) is 4.74 Å². The zero-order valence-electron chi connectivity index (χ0n) is 12.3. The first kappa shape index (κ1) is 13.4. The first-order valence-electron chi connectivity index (χ1n) is 7.13. The van der Waals surface area contributed by atoms with Crippen LogP contribution in [-0.4, -0.2) is 0 Å². The number of aryl methyl sites for hydroxylation is 2. The maximum atomic E-state index is 5.98. The van der Waals surface area contributed by atoms with E-state index in [0.717, 1.165) is 11.5 Å². The average molecular weight is 274 g/mol. The largest absolute Gasteiger partial charge is 0.457 e. The second-order valence-corrected chi connectivity index (χ2v) is 5.26. The van der Waals surface area contributed by atoms with Gasteiger partial charge in [0.15, 0.2) is 0 Å². The van der Waals surface area contributed by atoms with Crippen LogP contribution in [0.1, 0.15) is 11.1 Å². The first-order valence-corrected chi connectivity index (χ1v) is 7.13. The van der Waals surface area contributed by atoms with Gasteiger partial charge in [-0.3, -0.25) is 0 Å². The minimum absolute atomic E-state index is 0.866. The maximum absolute atomic E-state index is 5.98. The summed E-state index contributed by atoms with van der Waals surface area (Å²) in [5.41, 5.74) is 4.87. The Morgan fingerprint density at radius 2 is 1.43 bits per heavy atom. The van der Waals surface area contributed by atoms with E-state index in [-0.39, 0.29) is 0 Å². The van der Waals surface area contributed by atoms with Gasteiger partial charge in [0.25, 0.3) is 0 Å². The van der Waals surface area contributed by atoms with Crippen molar-refractivity contribution in [1.29, 1.82) is 0 Å². The van der Waals surface area contributed by atoms with Gasteiger partial charge in [-0.05, 0) is 60.4 Å². The van der Waals surface area contributed by atoms with Crippen molar-refractivity contribution in [2.24, 2.45) is 0 Å². The molecule has 0 aliphatic heterocycles. The number of hydrogen-bond acceptors (Lipinski definition) is 1. The molecule has 104 valence electrons. The smallest absolute Gasteiger partial charge is 0.128 e. The predicted octanol–water partition coefficient (Wildman–Crippen LogP) is 5.76. The average Bonchev–Trinajstić information content (AvgIpc) is 2.50. The van der Waals surface area contributed by atoms with E-state index in [0.29, 0.717) is 0 Å². The third-order valence-corrected chi connectivity index (χ3v) is 3.52. The lowest BCUT2D eigenvalue weighted by Crippen LogP contribution is -1.88. The minimum atomic E-state index is 0.866. The van der Waals surface area contributed by atoms with Gasteiger partial charge in [-0.15, -0.1) is 0 Å². The summed E-state index contributed by atoms with van der Waals surface area (Å²) in [7, 11) is 0. The van der Waals surface area contributed by atoms with Gasteiger partial charge >= 0.3 is 0 Å². The van der Waals surface area contributed by atoms with Gasteiger partial charge < -0.3 is 4.74 Å². The Bertz CT molecular complexity index is 745. The van der Waals surface area contributed by atoms with E-state index in [1.165, 1.54) is 22.3 Å². The highest BCUT2D eigenvalue weighted by atomic mass is 16.5. The number of hydrogen-bond donors (Lipinski definition) is 0. The van der Waals surface area contributed by atoms with Crippen LogP contribution in [0.15, 0.2) is 72.8 Å². The summed E-state index contributed by atoms with van der Waals surface area (Å²) in [6.07, 6.45) is 0. The van der Waals surface area contributed by atoms with Crippen molar-refractivity contribution < 1.29 is 4.74 Å². The standard InChI is InChI=1S/C20H18O/c1-15-7-6-10-18(13-15)21-19-12-11-16(2)20(14-19)17-8-4-3-5-9-17/h3-14H,1-2H3. The molecule has 21 heavy (non-hydrogen) atoms. The number of rotatable bonds is 3. The Morgan fingerprint density at radius 1 is 0.667 bits per heavy atom. The van der Waals surface area contributed by atoms with Crippen molar-refractivity contribution in [3.63, 3.8) is 0 Å². The van der Waals surface area contributed by atoms with Crippen LogP contribution in [0, 0.1) is 13.8 Å². The van der Waals surface area contributed by atoms with Crippen molar-refractivity contribution in [3.05, 3.63) is 83.9 Å². The second kappa shape index (κ2) is 5.84. The van der Waals surface area contributed by atoms with Crippen LogP contribution < -0.4 is 4.74 Å².